The molecule has 0 atom stereocenters. The summed E-state index contributed by atoms with van der Waals surface area (Å²) in [5.41, 5.74) is 1.27. The van der Waals surface area contributed by atoms with Gasteiger partial charge in [0.05, 0.1) is 0 Å². The number of rotatable bonds is 4. The molecule has 0 aliphatic carbocycles. The summed E-state index contributed by atoms with van der Waals surface area (Å²) in [6, 6.07) is 4.66. The van der Waals surface area contributed by atoms with Crippen LogP contribution in [0, 0.1) is 0 Å². The van der Waals surface area contributed by atoms with Crippen molar-refractivity contribution in [2.75, 3.05) is 23.3 Å². The Morgan fingerprint density at radius 3 is 2.65 bits per heavy atom. The minimum Gasteiger partial charge on any atom is -0.371 e. The fourth-order valence-corrected chi connectivity index (χ4v) is 3.22. The largest absolute Gasteiger partial charge is 0.371 e. The third-order valence-electron chi connectivity index (χ3n) is 3.62. The number of piperidine rings is 1. The number of pyridine rings is 1. The molecule has 20 heavy (non-hydrogen) atoms. The maximum Gasteiger partial charge on any atom is 0.205 e. The zero-order chi connectivity index (χ0) is 13.8. The molecule has 3 heterocycles. The van der Waals surface area contributed by atoms with E-state index in [1.165, 1.54) is 5.69 Å². The highest BCUT2D eigenvalue weighted by Gasteiger charge is 2.20. The maximum absolute atomic E-state index is 4.19. The molecule has 6 heteroatoms. The molecule has 1 saturated heterocycles. The van der Waals surface area contributed by atoms with Gasteiger partial charge in [-0.05, 0) is 31.4 Å². The maximum atomic E-state index is 4.19. The highest BCUT2D eigenvalue weighted by Crippen LogP contribution is 2.23. The van der Waals surface area contributed by atoms with Gasteiger partial charge >= 0.3 is 0 Å². The van der Waals surface area contributed by atoms with Crippen LogP contribution in [0.15, 0.2) is 24.5 Å². The minimum absolute atomic E-state index is 0.505. The lowest BCUT2D eigenvalue weighted by molar-refractivity contribution is 0.526. The first kappa shape index (κ1) is 13.3. The molecule has 0 amide bonds. The van der Waals surface area contributed by atoms with Gasteiger partial charge in [0, 0.05) is 37.2 Å². The zero-order valence-corrected chi connectivity index (χ0v) is 12.4. The highest BCUT2D eigenvalue weighted by molar-refractivity contribution is 7.15. The Morgan fingerprint density at radius 2 is 2.00 bits per heavy atom. The van der Waals surface area contributed by atoms with Gasteiger partial charge in [0.1, 0.15) is 5.01 Å². The topological polar surface area (TPSA) is 53.9 Å². The van der Waals surface area contributed by atoms with Crippen LogP contribution in [-0.4, -0.2) is 34.3 Å². The molecule has 0 radical (unpaired) electrons. The standard InChI is InChI=1S/C14H19N5S/c1-2-13-17-18-14(20-13)16-11-5-9-19(10-6-11)12-3-7-15-8-4-12/h3-4,7-8,11H,2,5-6,9-10H2,1H3,(H,16,18). The van der Waals surface area contributed by atoms with E-state index in [1.807, 2.05) is 12.4 Å². The van der Waals surface area contributed by atoms with Crippen molar-refractivity contribution in [2.24, 2.45) is 0 Å². The zero-order valence-electron chi connectivity index (χ0n) is 11.6. The van der Waals surface area contributed by atoms with Crippen LogP contribution in [0.2, 0.25) is 0 Å². The van der Waals surface area contributed by atoms with Crippen LogP contribution in [-0.2, 0) is 6.42 Å². The number of hydrogen-bond donors (Lipinski definition) is 1. The third kappa shape index (κ3) is 3.07. The van der Waals surface area contributed by atoms with Crippen LogP contribution >= 0.6 is 11.3 Å². The van der Waals surface area contributed by atoms with E-state index in [0.717, 1.165) is 42.5 Å². The first-order valence-corrected chi connectivity index (χ1v) is 7.90. The SMILES string of the molecule is CCc1nnc(NC2CCN(c3ccncc3)CC2)s1. The number of nitrogens with one attached hydrogen (secondary N) is 1. The van der Waals surface area contributed by atoms with Gasteiger partial charge in [-0.2, -0.15) is 0 Å². The van der Waals surface area contributed by atoms with E-state index in [4.69, 9.17) is 0 Å². The summed E-state index contributed by atoms with van der Waals surface area (Å²) in [4.78, 5) is 6.48. The second-order valence-corrected chi connectivity index (χ2v) is 6.03. The highest BCUT2D eigenvalue weighted by atomic mass is 32.1. The van der Waals surface area contributed by atoms with Crippen molar-refractivity contribution in [3.8, 4) is 0 Å². The number of aromatic nitrogens is 3. The van der Waals surface area contributed by atoms with E-state index < -0.39 is 0 Å². The van der Waals surface area contributed by atoms with Crippen molar-refractivity contribution in [1.29, 1.82) is 0 Å². The summed E-state index contributed by atoms with van der Waals surface area (Å²) in [6.07, 6.45) is 6.92. The second kappa shape index (κ2) is 6.17. The average Bonchev–Trinajstić information content (AvgIpc) is 2.97. The third-order valence-corrected chi connectivity index (χ3v) is 4.62. The molecule has 1 N–H and O–H groups in total. The van der Waals surface area contributed by atoms with Crippen molar-refractivity contribution >= 4 is 22.2 Å². The minimum atomic E-state index is 0.505. The number of nitrogens with zero attached hydrogens (tertiary/aromatic N) is 4. The van der Waals surface area contributed by atoms with Crippen LogP contribution in [0.4, 0.5) is 10.8 Å². The normalized spacial score (nSPS) is 16.4. The predicted octanol–water partition coefficient (Wildman–Crippen LogP) is 2.58. The Morgan fingerprint density at radius 1 is 1.25 bits per heavy atom. The van der Waals surface area contributed by atoms with E-state index in [2.05, 4.69) is 44.5 Å². The van der Waals surface area contributed by atoms with Crippen LogP contribution in [0.25, 0.3) is 0 Å². The Labute approximate surface area is 123 Å². The molecule has 106 valence electrons. The Bertz CT molecular complexity index is 534. The molecule has 0 aromatic carbocycles. The fraction of sp³-hybridized carbons (Fsp3) is 0.500. The molecular weight excluding hydrogens is 270 g/mol. The van der Waals surface area contributed by atoms with E-state index in [0.29, 0.717) is 6.04 Å². The van der Waals surface area contributed by atoms with Gasteiger partial charge in [-0.15, -0.1) is 10.2 Å². The van der Waals surface area contributed by atoms with Crippen molar-refractivity contribution in [1.82, 2.24) is 15.2 Å². The molecule has 0 bridgehead atoms. The van der Waals surface area contributed by atoms with Crippen molar-refractivity contribution in [3.63, 3.8) is 0 Å². The van der Waals surface area contributed by atoms with Gasteiger partial charge in [0.15, 0.2) is 0 Å². The molecule has 1 aliphatic heterocycles. The molecule has 2 aromatic rings. The van der Waals surface area contributed by atoms with Gasteiger partial charge in [-0.1, -0.05) is 18.3 Å². The summed E-state index contributed by atoms with van der Waals surface area (Å²) in [6.45, 7) is 4.25. The van der Waals surface area contributed by atoms with Gasteiger partial charge in [-0.3, -0.25) is 4.98 Å². The molecule has 3 rings (SSSR count). The average molecular weight is 289 g/mol. The molecule has 0 spiro atoms. The Balaban J connectivity index is 1.53. The molecule has 0 unspecified atom stereocenters. The second-order valence-electron chi connectivity index (χ2n) is 4.97. The van der Waals surface area contributed by atoms with Crippen LogP contribution < -0.4 is 10.2 Å². The summed E-state index contributed by atoms with van der Waals surface area (Å²) in [7, 11) is 0. The van der Waals surface area contributed by atoms with E-state index in [-0.39, 0.29) is 0 Å². The number of anilines is 2. The summed E-state index contributed by atoms with van der Waals surface area (Å²) >= 11 is 1.67. The van der Waals surface area contributed by atoms with Gasteiger partial charge in [0.25, 0.3) is 0 Å². The summed E-state index contributed by atoms with van der Waals surface area (Å²) in [5, 5.41) is 13.9. The van der Waals surface area contributed by atoms with Crippen molar-refractivity contribution in [3.05, 3.63) is 29.5 Å². The van der Waals surface area contributed by atoms with Gasteiger partial charge in [-0.25, -0.2) is 0 Å². The van der Waals surface area contributed by atoms with E-state index in [9.17, 15) is 0 Å². The molecule has 0 saturated carbocycles. The van der Waals surface area contributed by atoms with Gasteiger partial charge < -0.3 is 10.2 Å². The molecule has 1 fully saturated rings. The lowest BCUT2D eigenvalue weighted by Crippen LogP contribution is -2.39. The molecular formula is C14H19N5S. The fourth-order valence-electron chi connectivity index (χ4n) is 2.47. The number of hydrogen-bond acceptors (Lipinski definition) is 6. The Kier molecular flexibility index (Phi) is 4.11. The van der Waals surface area contributed by atoms with E-state index in [1.54, 1.807) is 11.3 Å². The molecule has 1 aliphatic rings. The predicted molar refractivity (Wildman–Crippen MR) is 82.4 cm³/mol. The quantitative estimate of drug-likeness (QED) is 0.937. The first-order valence-electron chi connectivity index (χ1n) is 7.09. The van der Waals surface area contributed by atoms with Crippen LogP contribution in [0.5, 0.6) is 0 Å². The van der Waals surface area contributed by atoms with Crippen LogP contribution in [0.3, 0.4) is 0 Å². The van der Waals surface area contributed by atoms with E-state index >= 15 is 0 Å². The van der Waals surface area contributed by atoms with Gasteiger partial charge in [0.2, 0.25) is 5.13 Å². The molecule has 2 aromatic heterocycles. The summed E-state index contributed by atoms with van der Waals surface area (Å²) < 4.78 is 0. The monoisotopic (exact) mass is 289 g/mol. The summed E-state index contributed by atoms with van der Waals surface area (Å²) in [5.74, 6) is 0. The first-order chi connectivity index (χ1) is 9.85. The van der Waals surface area contributed by atoms with Crippen molar-refractivity contribution < 1.29 is 0 Å². The smallest absolute Gasteiger partial charge is 0.205 e. The lowest BCUT2D eigenvalue weighted by atomic mass is 10.0. The van der Waals surface area contributed by atoms with Crippen molar-refractivity contribution in [2.45, 2.75) is 32.2 Å². The molecule has 5 nitrogen and oxygen atoms in total. The number of aryl methyl sites for hydroxylation is 1. The Hall–Kier alpha value is -1.69. The van der Waals surface area contributed by atoms with Crippen LogP contribution in [0.1, 0.15) is 24.8 Å². The lowest BCUT2D eigenvalue weighted by Gasteiger charge is -2.33.